The molecule has 1 aliphatic heterocycles. The summed E-state index contributed by atoms with van der Waals surface area (Å²) in [6.45, 7) is 3.73. The fraction of sp³-hybridized carbons (Fsp3) is 0.226. The van der Waals surface area contributed by atoms with Crippen LogP contribution in [0.3, 0.4) is 0 Å². The topological polar surface area (TPSA) is 109 Å². The van der Waals surface area contributed by atoms with Crippen molar-refractivity contribution < 1.29 is 32.2 Å². The Morgan fingerprint density at radius 1 is 1.14 bits per heavy atom. The van der Waals surface area contributed by atoms with Gasteiger partial charge in [0.1, 0.15) is 24.0 Å². The third-order valence-electron chi connectivity index (χ3n) is 7.04. The average molecular weight is 577 g/mol. The zero-order valence-corrected chi connectivity index (χ0v) is 22.7. The van der Waals surface area contributed by atoms with Crippen LogP contribution in [0.5, 0.6) is 5.88 Å². The largest absolute Gasteiger partial charge is 0.476 e. The number of ketones is 1. The molecule has 42 heavy (non-hydrogen) atoms. The lowest BCUT2D eigenvalue weighted by molar-refractivity contribution is -0.120. The van der Waals surface area contributed by atoms with Crippen LogP contribution in [-0.2, 0) is 28.9 Å². The van der Waals surface area contributed by atoms with Crippen molar-refractivity contribution in [3.05, 3.63) is 107 Å². The van der Waals surface area contributed by atoms with Crippen molar-refractivity contribution in [2.45, 2.75) is 31.7 Å². The predicted molar refractivity (Wildman–Crippen MR) is 148 cm³/mol. The molecule has 0 unspecified atom stereocenters. The first-order valence-electron chi connectivity index (χ1n) is 13.1. The Balaban J connectivity index is 1.52. The number of hydrogen-bond acceptors (Lipinski definition) is 7. The number of esters is 1. The summed E-state index contributed by atoms with van der Waals surface area (Å²) in [7, 11) is 1.24. The summed E-state index contributed by atoms with van der Waals surface area (Å²) in [5.74, 6) is -3.41. The van der Waals surface area contributed by atoms with Crippen LogP contribution in [0.15, 0.2) is 61.3 Å². The predicted octanol–water partition coefficient (Wildman–Crippen LogP) is 5.00. The van der Waals surface area contributed by atoms with Gasteiger partial charge in [-0.1, -0.05) is 18.7 Å². The number of halogens is 3. The van der Waals surface area contributed by atoms with Crippen molar-refractivity contribution in [3.8, 4) is 17.0 Å². The molecule has 1 aliphatic rings. The lowest BCUT2D eigenvalue weighted by Crippen LogP contribution is -2.21. The van der Waals surface area contributed by atoms with Crippen LogP contribution in [0.25, 0.3) is 16.8 Å². The number of nitrogens with two attached hydrogens (primary N) is 1. The number of carbonyl (C=O) groups excluding carboxylic acids is 2. The second kappa shape index (κ2) is 11.9. The van der Waals surface area contributed by atoms with E-state index in [0.717, 1.165) is 6.07 Å². The lowest BCUT2D eigenvalue weighted by Gasteiger charge is -2.20. The quantitative estimate of drug-likeness (QED) is 0.265. The number of rotatable bonds is 10. The van der Waals surface area contributed by atoms with Gasteiger partial charge in [0.15, 0.2) is 11.5 Å². The van der Waals surface area contributed by atoms with Crippen LogP contribution in [0, 0.1) is 17.5 Å². The molecule has 8 nitrogen and oxygen atoms in total. The summed E-state index contributed by atoms with van der Waals surface area (Å²) in [6.07, 6.45) is 1.93. The number of Topliss-reactive ketones (excluding diaryl/α,β-unsaturated/α-hetero) is 1. The van der Waals surface area contributed by atoms with E-state index in [-0.39, 0.29) is 48.0 Å². The summed E-state index contributed by atoms with van der Waals surface area (Å²) >= 11 is 0. The van der Waals surface area contributed by atoms with Gasteiger partial charge in [-0.05, 0) is 47.9 Å². The maximum atomic E-state index is 14.4. The first-order chi connectivity index (χ1) is 20.1. The number of methoxy groups -OCH3 is 1. The molecule has 0 bridgehead atoms. The maximum absolute atomic E-state index is 14.4. The summed E-state index contributed by atoms with van der Waals surface area (Å²) in [5.41, 5.74) is 8.57. The monoisotopic (exact) mass is 576 g/mol. The van der Waals surface area contributed by atoms with Crippen molar-refractivity contribution >= 4 is 17.4 Å². The van der Waals surface area contributed by atoms with Gasteiger partial charge in [-0.2, -0.15) is 0 Å². The second-order valence-electron chi connectivity index (χ2n) is 9.96. The van der Waals surface area contributed by atoms with E-state index in [1.54, 1.807) is 24.4 Å². The minimum absolute atomic E-state index is 0.0401. The molecule has 0 amide bonds. The highest BCUT2D eigenvalue weighted by atomic mass is 19.1. The van der Waals surface area contributed by atoms with Gasteiger partial charge < -0.3 is 15.2 Å². The molecule has 0 aliphatic carbocycles. The van der Waals surface area contributed by atoms with E-state index in [1.165, 1.54) is 36.1 Å². The van der Waals surface area contributed by atoms with Crippen LogP contribution in [0.1, 0.15) is 45.2 Å². The number of ether oxygens (including phenoxy) is 2. The Bertz CT molecular complexity index is 1680. The number of fused-ring (bicyclic) bond motifs is 1. The zero-order valence-electron chi connectivity index (χ0n) is 22.7. The normalized spacial score (nSPS) is 12.9. The number of nitrogens with zero attached hydrogens (tertiary/aromatic N) is 3. The number of benzene rings is 2. The molecule has 1 atom stereocenters. The van der Waals surface area contributed by atoms with Crippen LogP contribution < -0.4 is 10.5 Å². The number of aromatic nitrogens is 3. The van der Waals surface area contributed by atoms with E-state index >= 15 is 0 Å². The Kier molecular flexibility index (Phi) is 8.10. The lowest BCUT2D eigenvalue weighted by atomic mass is 9.86. The Morgan fingerprint density at radius 3 is 2.62 bits per heavy atom. The van der Waals surface area contributed by atoms with Crippen LogP contribution in [-0.4, -0.2) is 40.2 Å². The Morgan fingerprint density at radius 2 is 1.90 bits per heavy atom. The molecular weight excluding hydrogens is 549 g/mol. The molecule has 11 heteroatoms. The van der Waals surface area contributed by atoms with Gasteiger partial charge in [0, 0.05) is 47.8 Å². The van der Waals surface area contributed by atoms with E-state index in [4.69, 9.17) is 15.2 Å². The van der Waals surface area contributed by atoms with Crippen LogP contribution in [0.2, 0.25) is 0 Å². The fourth-order valence-corrected chi connectivity index (χ4v) is 5.22. The van der Waals surface area contributed by atoms with E-state index in [1.807, 2.05) is 0 Å². The number of pyridine rings is 1. The Labute approximate surface area is 239 Å². The third kappa shape index (κ3) is 5.90. The van der Waals surface area contributed by atoms with Crippen LogP contribution >= 0.6 is 0 Å². The van der Waals surface area contributed by atoms with Crippen molar-refractivity contribution in [2.24, 2.45) is 5.73 Å². The molecule has 3 heterocycles. The van der Waals surface area contributed by atoms with Gasteiger partial charge in [-0.15, -0.1) is 5.10 Å². The number of carbonyl (C=O) groups is 2. The van der Waals surface area contributed by atoms with Crippen molar-refractivity contribution in [1.82, 2.24) is 14.8 Å². The molecule has 0 spiro atoms. The van der Waals surface area contributed by atoms with Gasteiger partial charge in [0.25, 0.3) is 0 Å². The standard InChI is InChI=1S/C31H27F3N4O4/c1-17(35)26-14-19(5-6-27(26)34)24-4-3-8-36-28(24)20(10-18-11-21(32)15-22(33)12-18)13-23(39)16-38-29(31(40)41-2)25-7-9-42-30(25)37-38/h3-6,8,11-12,14-15,20H,1,7,9-10,13,16,35H2,2H3/t20-/m1/s1. The highest BCUT2D eigenvalue weighted by molar-refractivity contribution is 5.91. The molecule has 4 aromatic rings. The smallest absolute Gasteiger partial charge is 0.356 e. The SMILES string of the molecule is C=C(N)c1cc(-c2cccnc2[C@@H](CC(=O)Cn2nc3c(c2C(=O)OC)CCO3)Cc2cc(F)cc(F)c2)ccc1F. The molecule has 216 valence electrons. The fourth-order valence-electron chi connectivity index (χ4n) is 5.22. The van der Waals surface area contributed by atoms with Crippen molar-refractivity contribution in [2.75, 3.05) is 13.7 Å². The third-order valence-corrected chi connectivity index (χ3v) is 7.04. The summed E-state index contributed by atoms with van der Waals surface area (Å²) in [6, 6.07) is 11.0. The van der Waals surface area contributed by atoms with E-state index in [9.17, 15) is 22.8 Å². The summed E-state index contributed by atoms with van der Waals surface area (Å²) in [5, 5.41) is 4.29. The highest BCUT2D eigenvalue weighted by Gasteiger charge is 2.30. The van der Waals surface area contributed by atoms with Gasteiger partial charge in [-0.3, -0.25) is 9.78 Å². The van der Waals surface area contributed by atoms with Crippen molar-refractivity contribution in [1.29, 1.82) is 0 Å². The molecule has 2 aromatic heterocycles. The van der Waals surface area contributed by atoms with Crippen molar-refractivity contribution in [3.63, 3.8) is 0 Å². The minimum Gasteiger partial charge on any atom is -0.476 e. The van der Waals surface area contributed by atoms with Gasteiger partial charge in [0.2, 0.25) is 5.88 Å². The first kappa shape index (κ1) is 28.6. The molecular formula is C31H27F3N4O4. The summed E-state index contributed by atoms with van der Waals surface area (Å²) < 4.78 is 54.3. The minimum atomic E-state index is -0.755. The number of hydrogen-bond donors (Lipinski definition) is 1. The average Bonchev–Trinajstić information content (AvgIpc) is 3.53. The van der Waals surface area contributed by atoms with Gasteiger partial charge in [0.05, 0.1) is 25.0 Å². The van der Waals surface area contributed by atoms with Gasteiger partial charge >= 0.3 is 5.97 Å². The second-order valence-corrected chi connectivity index (χ2v) is 9.96. The molecule has 5 rings (SSSR count). The van der Waals surface area contributed by atoms with E-state index < -0.39 is 29.3 Å². The molecule has 0 radical (unpaired) electrons. The molecule has 0 saturated carbocycles. The first-order valence-corrected chi connectivity index (χ1v) is 13.1. The highest BCUT2D eigenvalue weighted by Crippen LogP contribution is 2.34. The van der Waals surface area contributed by atoms with Crippen LogP contribution in [0.4, 0.5) is 13.2 Å². The van der Waals surface area contributed by atoms with Gasteiger partial charge in [-0.25, -0.2) is 22.6 Å². The molecule has 0 fully saturated rings. The summed E-state index contributed by atoms with van der Waals surface area (Å²) in [4.78, 5) is 30.6. The van der Waals surface area contributed by atoms with E-state index in [0.29, 0.717) is 41.0 Å². The molecule has 0 saturated heterocycles. The van der Waals surface area contributed by atoms with E-state index in [2.05, 4.69) is 16.7 Å². The molecule has 2 N–H and O–H groups in total. The Hall–Kier alpha value is -4.93. The zero-order chi connectivity index (χ0) is 30.0. The maximum Gasteiger partial charge on any atom is 0.356 e. The molecule has 2 aromatic carbocycles.